The van der Waals surface area contributed by atoms with E-state index >= 15 is 0 Å². The highest BCUT2D eigenvalue weighted by atomic mass is 32.2. The number of sulfonamides is 1. The summed E-state index contributed by atoms with van der Waals surface area (Å²) >= 11 is 0. The summed E-state index contributed by atoms with van der Waals surface area (Å²) in [4.78, 5) is 12.5. The number of hydrogen-bond acceptors (Lipinski definition) is 4. The van der Waals surface area contributed by atoms with E-state index < -0.39 is 21.9 Å². The van der Waals surface area contributed by atoms with Gasteiger partial charge in [-0.2, -0.15) is 4.31 Å². The summed E-state index contributed by atoms with van der Waals surface area (Å²) in [7, 11) is -2.16. The molecule has 1 aliphatic heterocycles. The van der Waals surface area contributed by atoms with Crippen LogP contribution in [-0.4, -0.2) is 44.9 Å². The van der Waals surface area contributed by atoms with Gasteiger partial charge in [-0.05, 0) is 61.2 Å². The number of methoxy groups -OCH3 is 1. The first kappa shape index (κ1) is 22.2. The molecule has 0 aliphatic carbocycles. The fourth-order valence-corrected chi connectivity index (χ4v) is 5.35. The van der Waals surface area contributed by atoms with Crippen LogP contribution in [0, 0.1) is 5.82 Å². The molecule has 8 heteroatoms. The molecule has 1 saturated heterocycles. The van der Waals surface area contributed by atoms with E-state index in [0.717, 1.165) is 36.3 Å². The topological polar surface area (TPSA) is 75.7 Å². The Bertz CT molecular complexity index is 946. The molecule has 1 fully saturated rings. The summed E-state index contributed by atoms with van der Waals surface area (Å²) in [5, 5.41) is 2.89. The average molecular weight is 435 g/mol. The Morgan fingerprint density at radius 1 is 1.13 bits per heavy atom. The minimum absolute atomic E-state index is 0.0516. The van der Waals surface area contributed by atoms with E-state index in [1.807, 2.05) is 24.3 Å². The van der Waals surface area contributed by atoms with E-state index in [2.05, 4.69) is 5.32 Å². The second-order valence-corrected chi connectivity index (χ2v) is 9.26. The molecule has 2 aromatic rings. The van der Waals surface area contributed by atoms with Gasteiger partial charge in [0, 0.05) is 25.6 Å². The Morgan fingerprint density at radius 2 is 1.83 bits per heavy atom. The van der Waals surface area contributed by atoms with Gasteiger partial charge in [-0.15, -0.1) is 0 Å². The Kier molecular flexibility index (Phi) is 7.44. The second-order valence-electron chi connectivity index (χ2n) is 7.37. The van der Waals surface area contributed by atoms with Crippen LogP contribution in [0.1, 0.15) is 31.2 Å². The van der Waals surface area contributed by atoms with Crippen molar-refractivity contribution in [2.75, 3.05) is 20.2 Å². The number of rotatable bonds is 8. The molecule has 0 spiro atoms. The number of amides is 1. The normalized spacial score (nSPS) is 17.5. The number of halogens is 1. The highest BCUT2D eigenvalue weighted by molar-refractivity contribution is 7.89. The zero-order valence-electron chi connectivity index (χ0n) is 17.0. The van der Waals surface area contributed by atoms with Gasteiger partial charge in [-0.1, -0.05) is 18.6 Å². The van der Waals surface area contributed by atoms with Crippen LogP contribution >= 0.6 is 0 Å². The van der Waals surface area contributed by atoms with Crippen LogP contribution in [0.4, 0.5) is 4.39 Å². The third-order valence-corrected chi connectivity index (χ3v) is 7.28. The van der Waals surface area contributed by atoms with Crippen LogP contribution in [0.5, 0.6) is 5.75 Å². The molecule has 0 aromatic heterocycles. The molecule has 0 radical (unpaired) electrons. The molecule has 2 aromatic carbocycles. The number of nitrogens with one attached hydrogen (secondary N) is 1. The van der Waals surface area contributed by atoms with E-state index in [4.69, 9.17) is 4.74 Å². The fraction of sp³-hybridized carbons (Fsp3) is 0.409. The first-order valence-corrected chi connectivity index (χ1v) is 11.5. The van der Waals surface area contributed by atoms with E-state index in [0.29, 0.717) is 25.9 Å². The summed E-state index contributed by atoms with van der Waals surface area (Å²) in [5.74, 6) is 0.123. The van der Waals surface area contributed by atoms with E-state index in [9.17, 15) is 17.6 Å². The minimum Gasteiger partial charge on any atom is -0.497 e. The van der Waals surface area contributed by atoms with Crippen molar-refractivity contribution >= 4 is 15.9 Å². The zero-order chi connectivity index (χ0) is 21.6. The standard InChI is InChI=1S/C22H27FN2O4S/c1-29-20-9-5-17(6-10-20)13-14-24-22(26)16-19-4-2-3-15-25(19)30(27,28)21-11-7-18(23)8-12-21/h5-12,19H,2-4,13-16H2,1H3,(H,24,26)/t19-/m1/s1. The molecule has 1 heterocycles. The van der Waals surface area contributed by atoms with Crippen LogP contribution in [0.2, 0.25) is 0 Å². The van der Waals surface area contributed by atoms with Crippen LogP contribution < -0.4 is 10.1 Å². The Hall–Kier alpha value is -2.45. The van der Waals surface area contributed by atoms with Crippen LogP contribution in [-0.2, 0) is 21.2 Å². The maximum atomic E-state index is 13.2. The van der Waals surface area contributed by atoms with Gasteiger partial charge in [0.05, 0.1) is 12.0 Å². The Labute approximate surface area is 177 Å². The third kappa shape index (κ3) is 5.58. The minimum atomic E-state index is -3.77. The van der Waals surface area contributed by atoms with Gasteiger partial charge in [0.25, 0.3) is 0 Å². The van der Waals surface area contributed by atoms with Gasteiger partial charge < -0.3 is 10.1 Å². The maximum Gasteiger partial charge on any atom is 0.243 e. The van der Waals surface area contributed by atoms with Crippen molar-refractivity contribution in [1.82, 2.24) is 9.62 Å². The summed E-state index contributed by atoms with van der Waals surface area (Å²) in [5.41, 5.74) is 1.08. The second kappa shape index (κ2) is 10.0. The summed E-state index contributed by atoms with van der Waals surface area (Å²) in [6.45, 7) is 0.839. The monoisotopic (exact) mass is 434 g/mol. The van der Waals surface area contributed by atoms with E-state index in [-0.39, 0.29) is 17.2 Å². The SMILES string of the molecule is COc1ccc(CCNC(=O)C[C@H]2CCCCN2S(=O)(=O)c2ccc(F)cc2)cc1. The maximum absolute atomic E-state index is 13.2. The van der Waals surface area contributed by atoms with Crippen molar-refractivity contribution < 1.29 is 22.3 Å². The van der Waals surface area contributed by atoms with E-state index in [1.165, 1.54) is 16.4 Å². The molecular formula is C22H27FN2O4S. The smallest absolute Gasteiger partial charge is 0.243 e. The zero-order valence-corrected chi connectivity index (χ0v) is 17.8. The fourth-order valence-electron chi connectivity index (χ4n) is 3.66. The van der Waals surface area contributed by atoms with Gasteiger partial charge in [-0.3, -0.25) is 4.79 Å². The van der Waals surface area contributed by atoms with Crippen molar-refractivity contribution in [3.63, 3.8) is 0 Å². The largest absolute Gasteiger partial charge is 0.497 e. The van der Waals surface area contributed by atoms with Crippen molar-refractivity contribution in [1.29, 1.82) is 0 Å². The molecule has 6 nitrogen and oxygen atoms in total. The summed E-state index contributed by atoms with van der Waals surface area (Å²) in [6.07, 6.45) is 3.04. The molecule has 0 saturated carbocycles. The lowest BCUT2D eigenvalue weighted by Crippen LogP contribution is -2.46. The lowest BCUT2D eigenvalue weighted by Gasteiger charge is -2.34. The lowest BCUT2D eigenvalue weighted by atomic mass is 10.0. The summed E-state index contributed by atoms with van der Waals surface area (Å²) < 4.78 is 45.7. The van der Waals surface area contributed by atoms with Gasteiger partial charge >= 0.3 is 0 Å². The highest BCUT2D eigenvalue weighted by Crippen LogP contribution is 2.27. The number of hydrogen-bond donors (Lipinski definition) is 1. The van der Waals surface area contributed by atoms with Gasteiger partial charge in [0.15, 0.2) is 0 Å². The Balaban J connectivity index is 1.57. The number of carbonyl (C=O) groups excluding carboxylic acids is 1. The number of benzene rings is 2. The van der Waals surface area contributed by atoms with Crippen molar-refractivity contribution in [2.24, 2.45) is 0 Å². The average Bonchev–Trinajstić information content (AvgIpc) is 2.75. The molecule has 1 aliphatic rings. The molecule has 3 rings (SSSR count). The van der Waals surface area contributed by atoms with Crippen LogP contribution in [0.25, 0.3) is 0 Å². The number of ether oxygens (including phenoxy) is 1. The van der Waals surface area contributed by atoms with Gasteiger partial charge in [0.1, 0.15) is 11.6 Å². The van der Waals surface area contributed by atoms with Crippen molar-refractivity contribution in [3.8, 4) is 5.75 Å². The molecule has 1 atom stereocenters. The van der Waals surface area contributed by atoms with E-state index in [1.54, 1.807) is 7.11 Å². The molecular weight excluding hydrogens is 407 g/mol. The molecule has 0 unspecified atom stereocenters. The first-order chi connectivity index (χ1) is 14.4. The first-order valence-electron chi connectivity index (χ1n) is 10.1. The van der Waals surface area contributed by atoms with Gasteiger partial charge in [-0.25, -0.2) is 12.8 Å². The summed E-state index contributed by atoms with van der Waals surface area (Å²) in [6, 6.07) is 12.1. The molecule has 30 heavy (non-hydrogen) atoms. The van der Waals surface area contributed by atoms with Crippen LogP contribution in [0.3, 0.4) is 0 Å². The molecule has 1 N–H and O–H groups in total. The lowest BCUT2D eigenvalue weighted by molar-refractivity contribution is -0.122. The van der Waals surface area contributed by atoms with Gasteiger partial charge in [0.2, 0.25) is 15.9 Å². The van der Waals surface area contributed by atoms with Crippen molar-refractivity contribution in [3.05, 3.63) is 59.9 Å². The Morgan fingerprint density at radius 3 is 2.50 bits per heavy atom. The number of carbonyl (C=O) groups is 1. The van der Waals surface area contributed by atoms with Crippen molar-refractivity contribution in [2.45, 2.75) is 43.0 Å². The number of piperidine rings is 1. The predicted octanol–water partition coefficient (Wildman–Crippen LogP) is 3.13. The van der Waals surface area contributed by atoms with Crippen LogP contribution in [0.15, 0.2) is 53.4 Å². The quantitative estimate of drug-likeness (QED) is 0.693. The predicted molar refractivity (Wildman–Crippen MR) is 112 cm³/mol. The number of nitrogens with zero attached hydrogens (tertiary/aromatic N) is 1. The third-order valence-electron chi connectivity index (χ3n) is 5.31. The highest BCUT2D eigenvalue weighted by Gasteiger charge is 2.34. The molecule has 0 bridgehead atoms. The molecule has 1 amide bonds. The molecule has 162 valence electrons.